The van der Waals surface area contributed by atoms with E-state index in [1.54, 1.807) is 18.2 Å². The zero-order valence-corrected chi connectivity index (χ0v) is 19.8. The quantitative estimate of drug-likeness (QED) is 0.240. The Morgan fingerprint density at radius 3 is 2.46 bits per heavy atom. The third-order valence-electron chi connectivity index (χ3n) is 7.44. The normalized spacial score (nSPS) is 19.2. The van der Waals surface area contributed by atoms with Crippen LogP contribution in [0.2, 0.25) is 0 Å². The number of fused-ring (bicyclic) bond motifs is 5. The van der Waals surface area contributed by atoms with Crippen molar-refractivity contribution in [2.75, 3.05) is 5.32 Å². The number of nitrogens with zero attached hydrogens (tertiary/aromatic N) is 1. The molecule has 1 aliphatic heterocycles. The maximum Gasteiger partial charge on any atom is 0.335 e. The van der Waals surface area contributed by atoms with Crippen LogP contribution >= 0.6 is 0 Å². The van der Waals surface area contributed by atoms with Gasteiger partial charge in [-0.1, -0.05) is 36.4 Å². The number of benzene rings is 4. The number of rotatable bonds is 6. The second-order valence-electron chi connectivity index (χ2n) is 9.55. The predicted molar refractivity (Wildman–Crippen MR) is 139 cm³/mol. The zero-order chi connectivity index (χ0) is 25.5. The molecule has 0 aromatic heterocycles. The summed E-state index contributed by atoms with van der Waals surface area (Å²) in [5, 5.41) is 24.1. The van der Waals surface area contributed by atoms with Crippen molar-refractivity contribution in [3.8, 4) is 5.75 Å². The fraction of sp³-hybridized carbons (Fsp3) is 0.167. The first-order chi connectivity index (χ1) is 18.0. The average Bonchev–Trinajstić information content (AvgIpc) is 3.32. The molecule has 3 atom stereocenters. The Bertz CT molecular complexity index is 1500. The lowest BCUT2D eigenvalue weighted by Crippen LogP contribution is -2.30. The van der Waals surface area contributed by atoms with E-state index in [9.17, 15) is 20.0 Å². The molecule has 1 aliphatic carbocycles. The van der Waals surface area contributed by atoms with Crippen LogP contribution in [0.1, 0.15) is 50.1 Å². The van der Waals surface area contributed by atoms with Crippen LogP contribution in [0.4, 0.5) is 11.4 Å². The Balaban J connectivity index is 1.26. The van der Waals surface area contributed by atoms with Crippen molar-refractivity contribution >= 4 is 17.3 Å². The first-order valence-corrected chi connectivity index (χ1v) is 12.2. The summed E-state index contributed by atoms with van der Waals surface area (Å²) in [6.07, 6.45) is 0.910. The molecule has 37 heavy (non-hydrogen) atoms. The lowest BCUT2D eigenvalue weighted by molar-refractivity contribution is -0.384. The molecule has 0 saturated carbocycles. The van der Waals surface area contributed by atoms with Crippen LogP contribution in [-0.4, -0.2) is 16.0 Å². The number of nitrogens with one attached hydrogen (secondary N) is 1. The van der Waals surface area contributed by atoms with E-state index in [0.29, 0.717) is 12.2 Å². The van der Waals surface area contributed by atoms with Gasteiger partial charge in [-0.05, 0) is 82.6 Å². The van der Waals surface area contributed by atoms with Gasteiger partial charge in [0.25, 0.3) is 5.69 Å². The number of hydrogen-bond acceptors (Lipinski definition) is 5. The first kappa shape index (κ1) is 22.8. The van der Waals surface area contributed by atoms with Crippen LogP contribution in [0.15, 0.2) is 91.0 Å². The van der Waals surface area contributed by atoms with E-state index in [4.69, 9.17) is 4.74 Å². The van der Waals surface area contributed by atoms with Gasteiger partial charge in [0.2, 0.25) is 0 Å². The van der Waals surface area contributed by atoms with Crippen molar-refractivity contribution in [2.24, 2.45) is 5.92 Å². The van der Waals surface area contributed by atoms with E-state index in [1.807, 2.05) is 24.3 Å². The molecular formula is C30H24N2O5. The molecule has 4 aromatic rings. The summed E-state index contributed by atoms with van der Waals surface area (Å²) in [6.45, 7) is 0.318. The molecule has 0 bridgehead atoms. The number of non-ortho nitro benzene ring substituents is 1. The van der Waals surface area contributed by atoms with Crippen molar-refractivity contribution in [2.45, 2.75) is 25.0 Å². The molecule has 0 spiro atoms. The van der Waals surface area contributed by atoms with E-state index in [2.05, 4.69) is 41.7 Å². The summed E-state index contributed by atoms with van der Waals surface area (Å²) in [4.78, 5) is 22.1. The molecule has 0 radical (unpaired) electrons. The molecule has 7 heteroatoms. The van der Waals surface area contributed by atoms with Crippen molar-refractivity contribution < 1.29 is 19.6 Å². The van der Waals surface area contributed by atoms with Gasteiger partial charge in [-0.3, -0.25) is 10.1 Å². The Labute approximate surface area is 213 Å². The molecular weight excluding hydrogens is 468 g/mol. The lowest BCUT2D eigenvalue weighted by atomic mass is 9.75. The molecule has 2 aliphatic rings. The van der Waals surface area contributed by atoms with Crippen molar-refractivity contribution in [1.29, 1.82) is 0 Å². The van der Waals surface area contributed by atoms with E-state index < -0.39 is 10.9 Å². The summed E-state index contributed by atoms with van der Waals surface area (Å²) in [5.41, 5.74) is 6.93. The molecule has 0 fully saturated rings. The van der Waals surface area contributed by atoms with E-state index in [-0.39, 0.29) is 23.6 Å². The molecule has 4 aromatic carbocycles. The summed E-state index contributed by atoms with van der Waals surface area (Å²) in [6, 6.07) is 28.2. The van der Waals surface area contributed by atoms with Crippen LogP contribution in [0.25, 0.3) is 0 Å². The van der Waals surface area contributed by atoms with Gasteiger partial charge in [0.15, 0.2) is 0 Å². The number of nitro benzene ring substituents is 1. The highest BCUT2D eigenvalue weighted by Gasteiger charge is 2.43. The van der Waals surface area contributed by atoms with E-state index >= 15 is 0 Å². The van der Waals surface area contributed by atoms with Gasteiger partial charge >= 0.3 is 5.97 Å². The largest absolute Gasteiger partial charge is 0.489 e. The summed E-state index contributed by atoms with van der Waals surface area (Å²) < 4.78 is 5.92. The molecule has 2 N–H and O–H groups in total. The van der Waals surface area contributed by atoms with Crippen LogP contribution < -0.4 is 10.1 Å². The van der Waals surface area contributed by atoms with Crippen LogP contribution in [0.3, 0.4) is 0 Å². The number of ether oxygens (including phenoxy) is 1. The van der Waals surface area contributed by atoms with Crippen LogP contribution in [0.5, 0.6) is 5.75 Å². The van der Waals surface area contributed by atoms with Gasteiger partial charge in [0, 0.05) is 23.7 Å². The molecule has 0 amide bonds. The van der Waals surface area contributed by atoms with Crippen molar-refractivity contribution in [3.05, 3.63) is 134 Å². The van der Waals surface area contributed by atoms with Gasteiger partial charge in [-0.2, -0.15) is 0 Å². The lowest BCUT2D eigenvalue weighted by Gasteiger charge is -2.38. The topological polar surface area (TPSA) is 102 Å². The summed E-state index contributed by atoms with van der Waals surface area (Å²) >= 11 is 0. The van der Waals surface area contributed by atoms with Gasteiger partial charge in [-0.15, -0.1) is 0 Å². The Morgan fingerprint density at radius 1 is 0.973 bits per heavy atom. The molecule has 1 heterocycles. The smallest absolute Gasteiger partial charge is 0.335 e. The maximum absolute atomic E-state index is 11.7. The Morgan fingerprint density at radius 2 is 1.73 bits per heavy atom. The number of carboxylic acids is 1. The second kappa shape index (κ2) is 9.09. The SMILES string of the molecule is O=C(O)c1ccc2c(c1)[C@@H]1c3ccccc3C[C@H]1[C@@H](c1ccc(OCc3ccc([N+](=O)[O-])cc3)cc1)N2. The minimum Gasteiger partial charge on any atom is -0.489 e. The van der Waals surface area contributed by atoms with Gasteiger partial charge in [0.1, 0.15) is 12.4 Å². The number of carbonyl (C=O) groups is 1. The van der Waals surface area contributed by atoms with Crippen LogP contribution in [-0.2, 0) is 13.0 Å². The predicted octanol–water partition coefficient (Wildman–Crippen LogP) is 6.34. The second-order valence-corrected chi connectivity index (χ2v) is 9.55. The number of anilines is 1. The van der Waals surface area contributed by atoms with Crippen LogP contribution in [0, 0.1) is 16.0 Å². The number of carboxylic acid groups (broad SMARTS) is 1. The summed E-state index contributed by atoms with van der Waals surface area (Å²) in [7, 11) is 0. The first-order valence-electron chi connectivity index (χ1n) is 12.2. The molecule has 7 nitrogen and oxygen atoms in total. The van der Waals surface area contributed by atoms with Gasteiger partial charge < -0.3 is 15.2 Å². The standard InChI is InChI=1S/C30H24N2O5/c33-30(34)21-9-14-27-25(16-21)28-24-4-2-1-3-20(24)15-26(28)29(31-27)19-7-12-23(13-8-19)37-17-18-5-10-22(11-6-18)32(35)36/h1-14,16,26,28-29,31H,15,17H2,(H,33,34)/t26-,28+,29-/m1/s1. The third kappa shape index (κ3) is 4.18. The number of hydrogen-bond donors (Lipinski definition) is 2. The van der Waals surface area contributed by atoms with E-state index in [0.717, 1.165) is 34.5 Å². The minimum atomic E-state index is -0.919. The fourth-order valence-electron chi connectivity index (χ4n) is 5.68. The monoisotopic (exact) mass is 492 g/mol. The fourth-order valence-corrected chi connectivity index (χ4v) is 5.68. The molecule has 6 rings (SSSR count). The highest BCUT2D eigenvalue weighted by molar-refractivity contribution is 5.89. The number of aromatic carboxylic acids is 1. The Hall–Kier alpha value is -4.65. The molecule has 0 unspecified atom stereocenters. The van der Waals surface area contributed by atoms with Gasteiger partial charge in [-0.25, -0.2) is 4.79 Å². The highest BCUT2D eigenvalue weighted by Crippen LogP contribution is 2.54. The minimum absolute atomic E-state index is 0.0567. The van der Waals surface area contributed by atoms with E-state index in [1.165, 1.54) is 23.3 Å². The molecule has 184 valence electrons. The number of nitro groups is 1. The molecule has 0 saturated heterocycles. The van der Waals surface area contributed by atoms with Gasteiger partial charge in [0.05, 0.1) is 16.5 Å². The third-order valence-corrected chi connectivity index (χ3v) is 7.44. The zero-order valence-electron chi connectivity index (χ0n) is 19.8. The maximum atomic E-state index is 11.7. The average molecular weight is 493 g/mol. The Kier molecular flexibility index (Phi) is 5.60. The van der Waals surface area contributed by atoms with Crippen molar-refractivity contribution in [1.82, 2.24) is 0 Å². The summed E-state index contributed by atoms with van der Waals surface area (Å²) in [5.74, 6) is 0.170. The van der Waals surface area contributed by atoms with Crippen molar-refractivity contribution in [3.63, 3.8) is 0 Å². The highest BCUT2D eigenvalue weighted by atomic mass is 16.6.